The Morgan fingerprint density at radius 3 is 2.38 bits per heavy atom. The molecular formula is C15H27N3O3. The molecule has 1 aliphatic rings. The molecule has 1 aliphatic heterocycles. The number of hydroxylamine groups is 1. The number of carbonyl (C=O) groups is 1. The van der Waals surface area contributed by atoms with E-state index in [0.717, 1.165) is 12.8 Å². The fraction of sp³-hybridized carbons (Fsp3) is 0.867. The molecule has 0 spiro atoms. The average molecular weight is 297 g/mol. The third kappa shape index (κ3) is 5.62. The van der Waals surface area contributed by atoms with Crippen LogP contribution in [-0.4, -0.2) is 47.7 Å². The lowest BCUT2D eigenvalue weighted by Crippen LogP contribution is -2.52. The Morgan fingerprint density at radius 2 is 1.90 bits per heavy atom. The Balaban J connectivity index is 2.47. The summed E-state index contributed by atoms with van der Waals surface area (Å²) in [5.41, 5.74) is 1.36. The maximum absolute atomic E-state index is 12.1. The van der Waals surface area contributed by atoms with Gasteiger partial charge in [0.25, 0.3) is 0 Å². The van der Waals surface area contributed by atoms with E-state index in [1.165, 1.54) is 0 Å². The molecule has 0 aromatic carbocycles. The number of nitrogens with zero attached hydrogens (tertiary/aromatic N) is 2. The highest BCUT2D eigenvalue weighted by atomic mass is 16.7. The SMILES string of the molecule is CN1CC(NOC(C)(C)C(=O)OC(C)(C)C)CC[C@H]1C#N. The van der Waals surface area contributed by atoms with E-state index in [-0.39, 0.29) is 12.1 Å². The van der Waals surface area contributed by atoms with Crippen LogP contribution in [-0.2, 0) is 14.4 Å². The maximum atomic E-state index is 12.1. The summed E-state index contributed by atoms with van der Waals surface area (Å²) in [5.74, 6) is -0.401. The van der Waals surface area contributed by atoms with E-state index in [4.69, 9.17) is 14.8 Å². The second-order valence-corrected chi connectivity index (χ2v) is 7.09. The van der Waals surface area contributed by atoms with Crippen molar-refractivity contribution in [3.63, 3.8) is 0 Å². The Morgan fingerprint density at radius 1 is 1.29 bits per heavy atom. The number of likely N-dealkylation sites (tertiary alicyclic amines) is 1. The fourth-order valence-electron chi connectivity index (χ4n) is 2.08. The highest BCUT2D eigenvalue weighted by molar-refractivity contribution is 5.78. The van der Waals surface area contributed by atoms with Gasteiger partial charge in [-0.1, -0.05) is 0 Å². The minimum absolute atomic E-state index is 0.0399. The highest BCUT2D eigenvalue weighted by Gasteiger charge is 2.35. The molecule has 6 nitrogen and oxygen atoms in total. The van der Waals surface area contributed by atoms with Crippen molar-refractivity contribution in [1.29, 1.82) is 5.26 Å². The largest absolute Gasteiger partial charge is 0.458 e. The van der Waals surface area contributed by atoms with E-state index in [1.807, 2.05) is 32.7 Å². The average Bonchev–Trinajstić information content (AvgIpc) is 2.34. The van der Waals surface area contributed by atoms with Crippen LogP contribution in [0.4, 0.5) is 0 Å². The van der Waals surface area contributed by atoms with Gasteiger partial charge in [-0.3, -0.25) is 9.74 Å². The molecule has 1 rings (SSSR count). The molecule has 1 fully saturated rings. The minimum Gasteiger partial charge on any atom is -0.458 e. The predicted octanol–water partition coefficient (Wildman–Crippen LogP) is 1.61. The van der Waals surface area contributed by atoms with Crippen molar-refractivity contribution < 1.29 is 14.4 Å². The van der Waals surface area contributed by atoms with Crippen LogP contribution in [0.25, 0.3) is 0 Å². The zero-order valence-corrected chi connectivity index (χ0v) is 13.9. The van der Waals surface area contributed by atoms with Crippen LogP contribution in [0.1, 0.15) is 47.5 Å². The molecule has 0 saturated carbocycles. The number of rotatable bonds is 4. The lowest BCUT2D eigenvalue weighted by molar-refractivity contribution is -0.191. The number of hydrogen-bond acceptors (Lipinski definition) is 6. The molecule has 21 heavy (non-hydrogen) atoms. The van der Waals surface area contributed by atoms with Crippen LogP contribution in [0.5, 0.6) is 0 Å². The Labute approximate surface area is 127 Å². The summed E-state index contributed by atoms with van der Waals surface area (Å²) in [6, 6.07) is 2.33. The van der Waals surface area contributed by atoms with E-state index in [2.05, 4.69) is 11.5 Å². The summed E-state index contributed by atoms with van der Waals surface area (Å²) >= 11 is 0. The lowest BCUT2D eigenvalue weighted by Gasteiger charge is -2.35. The van der Waals surface area contributed by atoms with Crippen LogP contribution >= 0.6 is 0 Å². The van der Waals surface area contributed by atoms with Gasteiger partial charge in [0, 0.05) is 12.6 Å². The quantitative estimate of drug-likeness (QED) is 0.628. The van der Waals surface area contributed by atoms with Gasteiger partial charge in [-0.25, -0.2) is 4.79 Å². The van der Waals surface area contributed by atoms with Crippen LogP contribution in [0.15, 0.2) is 0 Å². The fourth-order valence-corrected chi connectivity index (χ4v) is 2.08. The van der Waals surface area contributed by atoms with Gasteiger partial charge in [0.1, 0.15) is 5.60 Å². The number of hydrogen-bond donors (Lipinski definition) is 1. The van der Waals surface area contributed by atoms with Gasteiger partial charge < -0.3 is 4.74 Å². The molecule has 0 aliphatic carbocycles. The first-order chi connectivity index (χ1) is 9.55. The van der Waals surface area contributed by atoms with Crippen molar-refractivity contribution in [3.05, 3.63) is 0 Å². The second-order valence-electron chi connectivity index (χ2n) is 7.09. The summed E-state index contributed by atoms with van der Waals surface area (Å²) in [5, 5.41) is 8.98. The van der Waals surface area contributed by atoms with Crippen molar-refractivity contribution in [2.45, 2.75) is 70.7 Å². The van der Waals surface area contributed by atoms with E-state index in [9.17, 15) is 4.79 Å². The molecule has 1 N–H and O–H groups in total. The van der Waals surface area contributed by atoms with Crippen LogP contribution in [0, 0.1) is 11.3 Å². The van der Waals surface area contributed by atoms with Crippen LogP contribution < -0.4 is 5.48 Å². The van der Waals surface area contributed by atoms with Gasteiger partial charge in [-0.05, 0) is 54.5 Å². The first-order valence-corrected chi connectivity index (χ1v) is 7.32. The topological polar surface area (TPSA) is 74.6 Å². The standard InChI is InChI=1S/C15H27N3O3/c1-14(2,3)20-13(19)15(4,5)21-17-11-7-8-12(9-16)18(6)10-11/h11-12,17H,7-8,10H2,1-6H3/t11?,12-/m0/s1. The van der Waals surface area contributed by atoms with Gasteiger partial charge in [-0.15, -0.1) is 0 Å². The maximum Gasteiger partial charge on any atom is 0.340 e. The molecule has 1 heterocycles. The van der Waals surface area contributed by atoms with Gasteiger partial charge >= 0.3 is 5.97 Å². The van der Waals surface area contributed by atoms with Gasteiger partial charge in [-0.2, -0.15) is 10.7 Å². The van der Waals surface area contributed by atoms with Crippen LogP contribution in [0.3, 0.4) is 0 Å². The van der Waals surface area contributed by atoms with Crippen molar-refractivity contribution in [2.75, 3.05) is 13.6 Å². The molecule has 2 atom stereocenters. The third-order valence-electron chi connectivity index (χ3n) is 3.35. The van der Waals surface area contributed by atoms with E-state index < -0.39 is 17.2 Å². The normalized spacial score (nSPS) is 24.4. The molecule has 6 heteroatoms. The smallest absolute Gasteiger partial charge is 0.340 e. The van der Waals surface area contributed by atoms with Crippen molar-refractivity contribution >= 4 is 5.97 Å². The molecule has 0 amide bonds. The minimum atomic E-state index is -1.06. The molecule has 1 unspecified atom stereocenters. The van der Waals surface area contributed by atoms with E-state index in [1.54, 1.807) is 13.8 Å². The van der Waals surface area contributed by atoms with Gasteiger partial charge in [0.2, 0.25) is 0 Å². The summed E-state index contributed by atoms with van der Waals surface area (Å²) in [6.07, 6.45) is 1.63. The molecule has 0 aromatic heterocycles. The Kier molecular flexibility index (Phi) is 5.74. The van der Waals surface area contributed by atoms with Crippen molar-refractivity contribution in [1.82, 2.24) is 10.4 Å². The molecule has 1 saturated heterocycles. The molecule has 120 valence electrons. The predicted molar refractivity (Wildman–Crippen MR) is 79.2 cm³/mol. The zero-order chi connectivity index (χ0) is 16.3. The molecular weight excluding hydrogens is 270 g/mol. The number of nitriles is 1. The second kappa shape index (κ2) is 6.73. The third-order valence-corrected chi connectivity index (χ3v) is 3.35. The first-order valence-electron chi connectivity index (χ1n) is 7.32. The summed E-state index contributed by atoms with van der Waals surface area (Å²) in [4.78, 5) is 19.6. The number of carbonyl (C=O) groups excluding carboxylic acids is 1. The summed E-state index contributed by atoms with van der Waals surface area (Å²) in [6.45, 7) is 9.55. The number of likely N-dealkylation sites (N-methyl/N-ethyl adjacent to an activating group) is 1. The van der Waals surface area contributed by atoms with Gasteiger partial charge in [0.15, 0.2) is 5.60 Å². The van der Waals surface area contributed by atoms with Crippen molar-refractivity contribution in [3.8, 4) is 6.07 Å². The molecule has 0 radical (unpaired) electrons. The number of nitrogens with one attached hydrogen (secondary N) is 1. The number of esters is 1. The first kappa shape index (κ1) is 17.9. The van der Waals surface area contributed by atoms with Crippen LogP contribution in [0.2, 0.25) is 0 Å². The van der Waals surface area contributed by atoms with E-state index in [0.29, 0.717) is 6.54 Å². The van der Waals surface area contributed by atoms with Crippen molar-refractivity contribution in [2.24, 2.45) is 0 Å². The number of piperidine rings is 1. The molecule has 0 bridgehead atoms. The Bertz CT molecular complexity index is 409. The zero-order valence-electron chi connectivity index (χ0n) is 13.9. The monoisotopic (exact) mass is 297 g/mol. The lowest BCUT2D eigenvalue weighted by atomic mass is 10.0. The summed E-state index contributed by atoms with van der Waals surface area (Å²) < 4.78 is 5.34. The van der Waals surface area contributed by atoms with E-state index >= 15 is 0 Å². The number of ether oxygens (including phenoxy) is 1. The van der Waals surface area contributed by atoms with Gasteiger partial charge in [0.05, 0.1) is 12.1 Å². The highest BCUT2D eigenvalue weighted by Crippen LogP contribution is 2.19. The summed E-state index contributed by atoms with van der Waals surface area (Å²) in [7, 11) is 1.92. The molecule has 0 aromatic rings. The Hall–Kier alpha value is -1.16.